The van der Waals surface area contributed by atoms with E-state index in [4.69, 9.17) is 0 Å². The summed E-state index contributed by atoms with van der Waals surface area (Å²) in [6.07, 6.45) is 5.07. The molecule has 1 aliphatic carbocycles. The fraction of sp³-hybridized carbons (Fsp3) is 0.409. The van der Waals surface area contributed by atoms with E-state index >= 15 is 0 Å². The molecule has 2 heterocycles. The summed E-state index contributed by atoms with van der Waals surface area (Å²) in [7, 11) is 0. The van der Waals surface area contributed by atoms with Gasteiger partial charge in [0.25, 0.3) is 5.56 Å². The van der Waals surface area contributed by atoms with Crippen molar-refractivity contribution < 1.29 is 4.79 Å². The Morgan fingerprint density at radius 2 is 2.00 bits per heavy atom. The lowest BCUT2D eigenvalue weighted by atomic mass is 9.97. The number of aryl methyl sites for hydroxylation is 4. The number of aromatic nitrogens is 2. The number of hydrogen-bond acceptors (Lipinski definition) is 4. The van der Waals surface area contributed by atoms with Gasteiger partial charge in [-0.25, -0.2) is 4.98 Å². The highest BCUT2D eigenvalue weighted by Gasteiger charge is 2.20. The fourth-order valence-corrected chi connectivity index (χ4v) is 5.09. The molecule has 28 heavy (non-hydrogen) atoms. The molecule has 6 heteroatoms. The molecule has 0 saturated heterocycles. The number of hydrogen-bond donors (Lipinski definition) is 2. The number of benzene rings is 1. The van der Waals surface area contributed by atoms with Crippen LogP contribution in [-0.4, -0.2) is 15.9 Å². The maximum absolute atomic E-state index is 12.6. The third-order valence-corrected chi connectivity index (χ3v) is 6.60. The molecule has 0 aliphatic heterocycles. The monoisotopic (exact) mass is 395 g/mol. The minimum Gasteiger partial charge on any atom is -0.350 e. The summed E-state index contributed by atoms with van der Waals surface area (Å²) in [6.45, 7) is 4.02. The lowest BCUT2D eigenvalue weighted by molar-refractivity contribution is -0.121. The van der Waals surface area contributed by atoms with E-state index in [1.807, 2.05) is 38.1 Å². The highest BCUT2D eigenvalue weighted by Crippen LogP contribution is 2.33. The van der Waals surface area contributed by atoms with Gasteiger partial charge in [0.1, 0.15) is 10.7 Å². The number of aromatic amines is 1. The van der Waals surface area contributed by atoms with Gasteiger partial charge in [0.2, 0.25) is 5.91 Å². The highest BCUT2D eigenvalue weighted by molar-refractivity contribution is 7.18. The summed E-state index contributed by atoms with van der Waals surface area (Å²) in [5.74, 6) is 0.551. The first-order chi connectivity index (χ1) is 13.5. The van der Waals surface area contributed by atoms with Crippen LogP contribution in [0.1, 0.15) is 59.6 Å². The van der Waals surface area contributed by atoms with Gasteiger partial charge in [0.05, 0.1) is 11.4 Å². The molecule has 1 amide bonds. The zero-order valence-electron chi connectivity index (χ0n) is 16.3. The molecule has 2 N–H and O–H groups in total. The van der Waals surface area contributed by atoms with Crippen LogP contribution in [0.4, 0.5) is 0 Å². The standard InChI is InChI=1S/C22H25N3O2S/c1-13-7-9-15(10-8-13)14(2)23-19(26)12-11-18-24-21(27)20-16-5-3-4-6-17(16)28-22(20)25-18/h7-10,14H,3-6,11-12H2,1-2H3,(H,23,26)(H,24,25,27). The van der Waals surface area contributed by atoms with Crippen LogP contribution in [0.25, 0.3) is 10.2 Å². The Morgan fingerprint density at radius 1 is 1.25 bits per heavy atom. The molecule has 2 aromatic heterocycles. The van der Waals surface area contributed by atoms with E-state index in [0.717, 1.165) is 35.0 Å². The average Bonchev–Trinajstić information content (AvgIpc) is 3.05. The molecule has 1 atom stereocenters. The van der Waals surface area contributed by atoms with Crippen molar-refractivity contribution in [1.29, 1.82) is 0 Å². The molecule has 5 nitrogen and oxygen atoms in total. The average molecular weight is 396 g/mol. The van der Waals surface area contributed by atoms with Crippen molar-refractivity contribution in [2.45, 2.75) is 58.4 Å². The molecule has 4 rings (SSSR count). The predicted molar refractivity (Wildman–Crippen MR) is 113 cm³/mol. The molecule has 0 bridgehead atoms. The van der Waals surface area contributed by atoms with Crippen molar-refractivity contribution in [3.05, 3.63) is 62.0 Å². The van der Waals surface area contributed by atoms with Crippen molar-refractivity contribution in [2.24, 2.45) is 0 Å². The summed E-state index contributed by atoms with van der Waals surface area (Å²) < 4.78 is 0. The summed E-state index contributed by atoms with van der Waals surface area (Å²) in [4.78, 5) is 34.6. The zero-order valence-corrected chi connectivity index (χ0v) is 17.1. The molecule has 0 radical (unpaired) electrons. The van der Waals surface area contributed by atoms with Crippen LogP contribution in [0.5, 0.6) is 0 Å². The SMILES string of the molecule is Cc1ccc(C(C)NC(=O)CCc2nc3sc4c(c3c(=O)[nH]2)CCCC4)cc1. The van der Waals surface area contributed by atoms with Crippen LogP contribution < -0.4 is 10.9 Å². The van der Waals surface area contributed by atoms with Crippen molar-refractivity contribution in [1.82, 2.24) is 15.3 Å². The Kier molecular flexibility index (Phi) is 5.31. The maximum atomic E-state index is 12.6. The van der Waals surface area contributed by atoms with E-state index in [9.17, 15) is 9.59 Å². The second-order valence-corrected chi connectivity index (χ2v) is 8.69. The number of rotatable bonds is 5. The number of amides is 1. The molecule has 0 fully saturated rings. The van der Waals surface area contributed by atoms with Crippen LogP contribution in [0.3, 0.4) is 0 Å². The maximum Gasteiger partial charge on any atom is 0.259 e. The van der Waals surface area contributed by atoms with Gasteiger partial charge in [-0.15, -0.1) is 11.3 Å². The normalized spacial score (nSPS) is 14.6. The number of carbonyl (C=O) groups excluding carboxylic acids is 1. The molecular formula is C22H25N3O2S. The second-order valence-electron chi connectivity index (χ2n) is 7.60. The Labute approximate surface area is 168 Å². The van der Waals surface area contributed by atoms with Crippen molar-refractivity contribution in [2.75, 3.05) is 0 Å². The first-order valence-electron chi connectivity index (χ1n) is 9.90. The van der Waals surface area contributed by atoms with E-state index < -0.39 is 0 Å². The molecule has 0 spiro atoms. The molecule has 146 valence electrons. The quantitative estimate of drug-likeness (QED) is 0.686. The predicted octanol–water partition coefficient (Wildman–Crippen LogP) is 3.98. The minimum absolute atomic E-state index is 0.0405. The molecular weight excluding hydrogens is 370 g/mol. The van der Waals surface area contributed by atoms with E-state index in [1.165, 1.54) is 22.4 Å². The first kappa shape index (κ1) is 18.9. The number of fused-ring (bicyclic) bond motifs is 3. The van der Waals surface area contributed by atoms with Gasteiger partial charge in [0.15, 0.2) is 0 Å². The Hall–Kier alpha value is -2.47. The molecule has 1 unspecified atom stereocenters. The minimum atomic E-state index is -0.0622. The van der Waals surface area contributed by atoms with E-state index in [1.54, 1.807) is 11.3 Å². The first-order valence-corrected chi connectivity index (χ1v) is 10.7. The Morgan fingerprint density at radius 3 is 2.79 bits per heavy atom. The van der Waals surface area contributed by atoms with Gasteiger partial charge < -0.3 is 10.3 Å². The topological polar surface area (TPSA) is 74.8 Å². The molecule has 0 saturated carbocycles. The summed E-state index contributed by atoms with van der Waals surface area (Å²) in [6, 6.07) is 8.11. The van der Waals surface area contributed by atoms with E-state index in [0.29, 0.717) is 18.7 Å². The third-order valence-electron chi connectivity index (χ3n) is 5.42. The van der Waals surface area contributed by atoms with Gasteiger partial charge in [-0.2, -0.15) is 0 Å². The van der Waals surface area contributed by atoms with E-state index in [2.05, 4.69) is 15.3 Å². The lowest BCUT2D eigenvalue weighted by Crippen LogP contribution is -2.27. The van der Waals surface area contributed by atoms with Crippen molar-refractivity contribution in [3.63, 3.8) is 0 Å². The second kappa shape index (κ2) is 7.87. The number of thiophene rings is 1. The van der Waals surface area contributed by atoms with Gasteiger partial charge in [0, 0.05) is 17.7 Å². The van der Waals surface area contributed by atoms with Crippen molar-refractivity contribution in [3.8, 4) is 0 Å². The zero-order chi connectivity index (χ0) is 19.7. The van der Waals surface area contributed by atoms with Crippen LogP contribution >= 0.6 is 11.3 Å². The lowest BCUT2D eigenvalue weighted by Gasteiger charge is -2.14. The van der Waals surface area contributed by atoms with Gasteiger partial charge in [-0.3, -0.25) is 9.59 Å². The Balaban J connectivity index is 1.43. The summed E-state index contributed by atoms with van der Waals surface area (Å²) >= 11 is 1.64. The van der Waals surface area contributed by atoms with Gasteiger partial charge in [-0.1, -0.05) is 29.8 Å². The van der Waals surface area contributed by atoms with Crippen LogP contribution in [0.2, 0.25) is 0 Å². The van der Waals surface area contributed by atoms with Crippen LogP contribution in [-0.2, 0) is 24.1 Å². The smallest absolute Gasteiger partial charge is 0.259 e. The van der Waals surface area contributed by atoms with E-state index in [-0.39, 0.29) is 17.5 Å². The van der Waals surface area contributed by atoms with Crippen molar-refractivity contribution >= 4 is 27.5 Å². The third kappa shape index (κ3) is 3.87. The molecule has 1 aliphatic rings. The highest BCUT2D eigenvalue weighted by atomic mass is 32.1. The van der Waals surface area contributed by atoms with Crippen LogP contribution in [0, 0.1) is 6.92 Å². The Bertz CT molecular complexity index is 1070. The number of H-pyrrole nitrogens is 1. The van der Waals surface area contributed by atoms with Gasteiger partial charge in [-0.05, 0) is 50.7 Å². The number of nitrogens with one attached hydrogen (secondary N) is 2. The van der Waals surface area contributed by atoms with Crippen LogP contribution in [0.15, 0.2) is 29.1 Å². The number of carbonyl (C=O) groups is 1. The van der Waals surface area contributed by atoms with Gasteiger partial charge >= 0.3 is 0 Å². The molecule has 1 aromatic carbocycles. The molecule has 3 aromatic rings. The largest absolute Gasteiger partial charge is 0.350 e. The summed E-state index contributed by atoms with van der Waals surface area (Å²) in [5.41, 5.74) is 3.41. The summed E-state index contributed by atoms with van der Waals surface area (Å²) in [5, 5.41) is 3.79. The number of nitrogens with zero attached hydrogens (tertiary/aromatic N) is 1. The fourth-order valence-electron chi connectivity index (χ4n) is 3.81.